The topological polar surface area (TPSA) is 125 Å². The van der Waals surface area contributed by atoms with Crippen molar-refractivity contribution in [2.75, 3.05) is 38.0 Å². The fourth-order valence-electron chi connectivity index (χ4n) is 4.97. The van der Waals surface area contributed by atoms with Gasteiger partial charge in [0.15, 0.2) is 9.84 Å². The molecule has 1 aliphatic rings. The van der Waals surface area contributed by atoms with Gasteiger partial charge in [-0.15, -0.1) is 0 Å². The van der Waals surface area contributed by atoms with E-state index in [9.17, 15) is 36.3 Å². The second-order valence-electron chi connectivity index (χ2n) is 10.4. The zero-order chi connectivity index (χ0) is 32.9. The van der Waals surface area contributed by atoms with Gasteiger partial charge >= 0.3 is 6.18 Å². The van der Waals surface area contributed by atoms with E-state index in [0.29, 0.717) is 11.3 Å². The number of rotatable bonds is 11. The summed E-state index contributed by atoms with van der Waals surface area (Å²) in [7, 11) is -0.583. The lowest BCUT2D eigenvalue weighted by molar-refractivity contribution is -0.170. The third-order valence-corrected chi connectivity index (χ3v) is 9.34. The first-order valence-electron chi connectivity index (χ1n) is 14.0. The Hall–Kier alpha value is -4.14. The van der Waals surface area contributed by atoms with Crippen LogP contribution < -0.4 is 15.0 Å². The molecule has 2 N–H and O–H groups in total. The van der Waals surface area contributed by atoms with E-state index in [1.54, 1.807) is 36.1 Å². The lowest BCUT2D eigenvalue weighted by Crippen LogP contribution is -2.43. The largest absolute Gasteiger partial charge is 0.488 e. The molecule has 1 heterocycles. The highest BCUT2D eigenvalue weighted by molar-refractivity contribution is 7.91. The highest BCUT2D eigenvalue weighted by atomic mass is 32.2. The minimum atomic E-state index is -4.47. The number of anilines is 1. The normalized spacial score (nSPS) is 17.5. The number of carbonyl (C=O) groups excluding carboxylic acids is 2. The van der Waals surface area contributed by atoms with Crippen molar-refractivity contribution in [2.45, 2.75) is 42.6 Å². The number of nitrogens with one attached hydrogen (secondary N) is 1. The van der Waals surface area contributed by atoms with Crippen molar-refractivity contribution in [3.8, 4) is 5.75 Å². The molecule has 0 aliphatic carbocycles. The van der Waals surface area contributed by atoms with Gasteiger partial charge in [-0.2, -0.15) is 13.2 Å². The first kappa shape index (κ1) is 33.7. The summed E-state index contributed by atoms with van der Waals surface area (Å²) in [6, 6.07) is 15.2. The van der Waals surface area contributed by atoms with Crippen molar-refractivity contribution in [1.82, 2.24) is 10.4 Å². The predicted octanol–water partition coefficient (Wildman–Crippen LogP) is 4.01. The molecule has 3 aromatic rings. The minimum absolute atomic E-state index is 0.0508. The van der Waals surface area contributed by atoms with E-state index < -0.39 is 52.3 Å². The van der Waals surface area contributed by atoms with Gasteiger partial charge < -0.3 is 20.1 Å². The molecule has 242 valence electrons. The molecule has 3 aromatic carbocycles. The average Bonchev–Trinajstić information content (AvgIpc) is 3.46. The van der Waals surface area contributed by atoms with Gasteiger partial charge in [-0.3, -0.25) is 14.4 Å². The maximum Gasteiger partial charge on any atom is 0.416 e. The standard InChI is InChI=1S/C31H34F3N3O7S/c1-4-45(41,42)26-15-7-20(8-16-26)27(19-38)35-29(39)21-5-11-23(12-6-21)37-18-25(17-28(37)30(40)36(2)43-3)44-24-13-9-22(10-14-24)31(32,33)34/h5-16,25,27-28,38H,4,17-19H2,1-3H3,(H,35,39)/t25-,27+,28+/m1/s1. The summed E-state index contributed by atoms with van der Waals surface area (Å²) in [4.78, 5) is 33.2. The number of carbonyl (C=O) groups is 2. The van der Waals surface area contributed by atoms with Gasteiger partial charge in [0.2, 0.25) is 0 Å². The molecule has 0 aromatic heterocycles. The van der Waals surface area contributed by atoms with Gasteiger partial charge in [0.25, 0.3) is 11.8 Å². The van der Waals surface area contributed by atoms with Crippen LogP contribution in [0.25, 0.3) is 0 Å². The van der Waals surface area contributed by atoms with Gasteiger partial charge in [-0.1, -0.05) is 19.1 Å². The zero-order valence-electron chi connectivity index (χ0n) is 24.8. The molecule has 45 heavy (non-hydrogen) atoms. The van der Waals surface area contributed by atoms with E-state index in [2.05, 4.69) is 5.32 Å². The second-order valence-corrected chi connectivity index (χ2v) is 12.7. The Labute approximate surface area is 259 Å². The maximum absolute atomic E-state index is 13.1. The molecule has 4 rings (SSSR count). The number of aliphatic hydroxyl groups is 1. The van der Waals surface area contributed by atoms with Crippen LogP contribution >= 0.6 is 0 Å². The Morgan fingerprint density at radius 3 is 2.20 bits per heavy atom. The van der Waals surface area contributed by atoms with Crippen molar-refractivity contribution >= 4 is 27.3 Å². The molecular formula is C31H34F3N3O7S. The van der Waals surface area contributed by atoms with Crippen molar-refractivity contribution in [3.05, 3.63) is 89.5 Å². The predicted molar refractivity (Wildman–Crippen MR) is 159 cm³/mol. The molecule has 1 fully saturated rings. The lowest BCUT2D eigenvalue weighted by Gasteiger charge is -2.28. The highest BCUT2D eigenvalue weighted by Crippen LogP contribution is 2.33. The fourth-order valence-corrected chi connectivity index (χ4v) is 5.86. The van der Waals surface area contributed by atoms with E-state index in [1.165, 1.54) is 50.6 Å². The molecular weight excluding hydrogens is 615 g/mol. The Morgan fingerprint density at radius 1 is 1.04 bits per heavy atom. The van der Waals surface area contributed by atoms with Crippen molar-refractivity contribution in [1.29, 1.82) is 0 Å². The molecule has 0 unspecified atom stereocenters. The summed E-state index contributed by atoms with van der Waals surface area (Å²) in [6.07, 6.45) is -4.78. The first-order chi connectivity index (χ1) is 21.3. The fraction of sp³-hybridized carbons (Fsp3) is 0.355. The second kappa shape index (κ2) is 13.9. The van der Waals surface area contributed by atoms with Crippen LogP contribution in [0.5, 0.6) is 5.75 Å². The molecule has 1 saturated heterocycles. The number of ether oxygens (including phenoxy) is 1. The molecule has 3 atom stereocenters. The van der Waals surface area contributed by atoms with Crippen LogP contribution in [0.15, 0.2) is 77.7 Å². The Kier molecular flexibility index (Phi) is 10.4. The number of sulfone groups is 1. The van der Waals surface area contributed by atoms with Crippen LogP contribution in [0.4, 0.5) is 18.9 Å². The summed E-state index contributed by atoms with van der Waals surface area (Å²) in [6.45, 7) is 1.35. The van der Waals surface area contributed by atoms with Crippen LogP contribution in [0.1, 0.15) is 40.9 Å². The number of hydrogen-bond donors (Lipinski definition) is 2. The molecule has 0 saturated carbocycles. The van der Waals surface area contributed by atoms with E-state index in [4.69, 9.17) is 9.57 Å². The van der Waals surface area contributed by atoms with E-state index >= 15 is 0 Å². The molecule has 10 nitrogen and oxygen atoms in total. The van der Waals surface area contributed by atoms with Crippen molar-refractivity contribution in [2.24, 2.45) is 0 Å². The molecule has 0 spiro atoms. The first-order valence-corrected chi connectivity index (χ1v) is 15.7. The van der Waals surface area contributed by atoms with E-state index in [0.717, 1.165) is 17.2 Å². The third kappa shape index (κ3) is 7.93. The van der Waals surface area contributed by atoms with Crippen molar-refractivity contribution < 1.29 is 45.9 Å². The van der Waals surface area contributed by atoms with Crippen LogP contribution in [-0.4, -0.2) is 75.6 Å². The minimum Gasteiger partial charge on any atom is -0.488 e. The average molecular weight is 650 g/mol. The van der Waals surface area contributed by atoms with Crippen LogP contribution in [0, 0.1) is 0 Å². The van der Waals surface area contributed by atoms with Gasteiger partial charge in [-0.25, -0.2) is 13.5 Å². The van der Waals surface area contributed by atoms with Crippen LogP contribution in [0.2, 0.25) is 0 Å². The summed E-state index contributed by atoms with van der Waals surface area (Å²) >= 11 is 0. The van der Waals surface area contributed by atoms with Gasteiger partial charge in [0.05, 0.1) is 42.5 Å². The third-order valence-electron chi connectivity index (χ3n) is 7.59. The monoisotopic (exact) mass is 649 g/mol. The summed E-state index contributed by atoms with van der Waals surface area (Å²) in [5.41, 5.74) is 0.597. The van der Waals surface area contributed by atoms with Gasteiger partial charge in [0, 0.05) is 24.7 Å². The molecule has 2 amide bonds. The number of alkyl halides is 3. The number of likely N-dealkylation sites (N-methyl/N-ethyl adjacent to an activating group) is 1. The Morgan fingerprint density at radius 2 is 1.67 bits per heavy atom. The summed E-state index contributed by atoms with van der Waals surface area (Å²) < 4.78 is 69.0. The maximum atomic E-state index is 13.1. The summed E-state index contributed by atoms with van der Waals surface area (Å²) in [5.74, 6) is -0.665. The molecule has 14 heteroatoms. The summed E-state index contributed by atoms with van der Waals surface area (Å²) in [5, 5.41) is 13.7. The number of hydroxylamine groups is 2. The quantitative estimate of drug-likeness (QED) is 0.299. The number of halogens is 3. The Bertz CT molecular complexity index is 1580. The van der Waals surface area contributed by atoms with E-state index in [-0.39, 0.29) is 40.8 Å². The molecule has 0 radical (unpaired) electrons. The number of hydrogen-bond acceptors (Lipinski definition) is 8. The number of nitrogens with zero attached hydrogens (tertiary/aromatic N) is 2. The van der Waals surface area contributed by atoms with E-state index in [1.807, 2.05) is 0 Å². The van der Waals surface area contributed by atoms with Crippen LogP contribution in [0.3, 0.4) is 0 Å². The SMILES string of the molecule is CCS(=O)(=O)c1ccc([C@H](CO)NC(=O)c2ccc(N3C[C@H](Oc4ccc(C(F)(F)F)cc4)C[C@H]3C(=O)N(C)OC)cc2)cc1. The molecule has 1 aliphatic heterocycles. The van der Waals surface area contributed by atoms with Gasteiger partial charge in [0.1, 0.15) is 17.9 Å². The molecule has 0 bridgehead atoms. The highest BCUT2D eigenvalue weighted by Gasteiger charge is 2.40. The zero-order valence-corrected chi connectivity index (χ0v) is 25.6. The Balaban J connectivity index is 1.48. The van der Waals surface area contributed by atoms with Crippen LogP contribution in [-0.2, 0) is 25.6 Å². The number of aliphatic hydroxyl groups excluding tert-OH is 1. The smallest absolute Gasteiger partial charge is 0.416 e. The van der Waals surface area contributed by atoms with Gasteiger partial charge in [-0.05, 0) is 66.2 Å². The lowest BCUT2D eigenvalue weighted by atomic mass is 10.1. The number of benzene rings is 3. The number of amides is 2. The van der Waals surface area contributed by atoms with Crippen molar-refractivity contribution in [3.63, 3.8) is 0 Å².